The number of carbonyl (C=O) groups is 2. The molecule has 2 aromatic rings. The van der Waals surface area contributed by atoms with E-state index in [2.05, 4.69) is 33.0 Å². The van der Waals surface area contributed by atoms with Crippen LogP contribution in [0.1, 0.15) is 18.7 Å². The van der Waals surface area contributed by atoms with Gasteiger partial charge in [-0.05, 0) is 54.9 Å². The number of allylic oxidation sites excluding steroid dienone is 2. The van der Waals surface area contributed by atoms with Gasteiger partial charge in [0.1, 0.15) is 0 Å². The molecule has 1 aromatic heterocycles. The van der Waals surface area contributed by atoms with Crippen LogP contribution in [0.2, 0.25) is 0 Å². The van der Waals surface area contributed by atoms with Crippen molar-refractivity contribution in [3.05, 3.63) is 42.3 Å². The fourth-order valence-corrected chi connectivity index (χ4v) is 3.73. The molecule has 2 bridgehead atoms. The zero-order valence-corrected chi connectivity index (χ0v) is 14.4. The summed E-state index contributed by atoms with van der Waals surface area (Å²) in [6, 6.07) is 6.89. The molecule has 4 rings (SSSR count). The lowest BCUT2D eigenvalue weighted by atomic mass is 9.94. The summed E-state index contributed by atoms with van der Waals surface area (Å²) in [4.78, 5) is 24.1. The molecular formula is C19H20N4O3. The van der Waals surface area contributed by atoms with Crippen LogP contribution in [0.5, 0.6) is 0 Å². The lowest BCUT2D eigenvalue weighted by Gasteiger charge is -2.18. The number of amides is 2. The second-order valence-corrected chi connectivity index (χ2v) is 6.91. The number of hydrogen-bond donors (Lipinski definition) is 2. The Bertz CT molecular complexity index is 856. The van der Waals surface area contributed by atoms with Gasteiger partial charge in [-0.25, -0.2) is 0 Å². The van der Waals surface area contributed by atoms with Crippen LogP contribution in [0.15, 0.2) is 40.8 Å². The molecule has 3 atom stereocenters. The van der Waals surface area contributed by atoms with Crippen molar-refractivity contribution in [2.24, 2.45) is 17.8 Å². The van der Waals surface area contributed by atoms with Crippen molar-refractivity contribution in [1.82, 2.24) is 15.5 Å². The minimum absolute atomic E-state index is 0.415. The van der Waals surface area contributed by atoms with E-state index in [1.807, 2.05) is 0 Å². The number of fused-ring (bicyclic) bond motifs is 2. The lowest BCUT2D eigenvalue weighted by molar-refractivity contribution is -0.136. The number of nitrogens with zero attached hydrogens (tertiary/aromatic N) is 2. The van der Waals surface area contributed by atoms with Crippen LogP contribution in [0.3, 0.4) is 0 Å². The van der Waals surface area contributed by atoms with Crippen molar-refractivity contribution >= 4 is 17.5 Å². The predicted molar refractivity (Wildman–Crippen MR) is 95.0 cm³/mol. The summed E-state index contributed by atoms with van der Waals surface area (Å²) in [5.74, 6) is 1.27. The number of carbonyl (C=O) groups excluding carboxylic acids is 2. The zero-order valence-electron chi connectivity index (χ0n) is 14.4. The first-order chi connectivity index (χ1) is 12.6. The number of benzene rings is 1. The Hall–Kier alpha value is -2.96. The van der Waals surface area contributed by atoms with Gasteiger partial charge in [0.25, 0.3) is 0 Å². The van der Waals surface area contributed by atoms with Gasteiger partial charge in [-0.2, -0.15) is 0 Å². The van der Waals surface area contributed by atoms with Crippen LogP contribution in [-0.4, -0.2) is 28.6 Å². The molecule has 1 saturated carbocycles. The van der Waals surface area contributed by atoms with E-state index in [1.165, 1.54) is 6.42 Å². The zero-order chi connectivity index (χ0) is 18.1. The Morgan fingerprint density at radius 3 is 2.54 bits per heavy atom. The molecule has 0 spiro atoms. The topological polar surface area (TPSA) is 97.1 Å². The number of hydrogen-bond acceptors (Lipinski definition) is 5. The Morgan fingerprint density at radius 1 is 1.12 bits per heavy atom. The highest BCUT2D eigenvalue weighted by molar-refractivity contribution is 6.39. The Labute approximate surface area is 150 Å². The quantitative estimate of drug-likeness (QED) is 0.650. The fraction of sp³-hybridized carbons (Fsp3) is 0.368. The highest BCUT2D eigenvalue weighted by atomic mass is 16.4. The molecule has 2 amide bonds. The third kappa shape index (κ3) is 3.37. The Kier molecular flexibility index (Phi) is 4.28. The SMILES string of the molecule is Cc1nnc(-c2ccc(NC(=O)C(=O)NC[C@H]3C[C@H]4C=C[C@H]3C4)cc2)o1. The standard InChI is InChI=1S/C19H20N4O3/c1-11-22-23-19(26-11)13-4-6-16(7-5-13)21-18(25)17(24)20-10-15-9-12-2-3-14(15)8-12/h2-7,12,14-15H,8-10H2,1H3,(H,20,24)(H,21,25)/t12-,14-,15+/m0/s1. The molecule has 2 aliphatic rings. The van der Waals surface area contributed by atoms with E-state index in [1.54, 1.807) is 31.2 Å². The number of aryl methyl sites for hydroxylation is 1. The van der Waals surface area contributed by atoms with E-state index in [9.17, 15) is 9.59 Å². The molecule has 134 valence electrons. The highest BCUT2D eigenvalue weighted by Gasteiger charge is 2.35. The molecule has 0 unspecified atom stereocenters. The van der Waals surface area contributed by atoms with E-state index in [4.69, 9.17) is 4.42 Å². The van der Waals surface area contributed by atoms with Crippen LogP contribution < -0.4 is 10.6 Å². The third-order valence-electron chi connectivity index (χ3n) is 5.06. The van der Waals surface area contributed by atoms with Gasteiger partial charge in [0.15, 0.2) is 0 Å². The summed E-state index contributed by atoms with van der Waals surface area (Å²) in [6.45, 7) is 2.27. The number of rotatable bonds is 4. The maximum Gasteiger partial charge on any atom is 0.313 e. The normalized spacial score (nSPS) is 23.2. The molecule has 1 heterocycles. The molecule has 0 radical (unpaired) electrons. The smallest absolute Gasteiger partial charge is 0.313 e. The van der Waals surface area contributed by atoms with Gasteiger partial charge in [0, 0.05) is 24.7 Å². The summed E-state index contributed by atoms with van der Waals surface area (Å²) >= 11 is 0. The second-order valence-electron chi connectivity index (χ2n) is 6.91. The maximum absolute atomic E-state index is 12.1. The average Bonchev–Trinajstić information content (AvgIpc) is 3.37. The molecule has 26 heavy (non-hydrogen) atoms. The first-order valence-corrected chi connectivity index (χ1v) is 8.76. The second kappa shape index (κ2) is 6.74. The largest absolute Gasteiger partial charge is 0.421 e. The molecule has 2 N–H and O–H groups in total. The van der Waals surface area contributed by atoms with Gasteiger partial charge in [-0.3, -0.25) is 9.59 Å². The summed E-state index contributed by atoms with van der Waals surface area (Å²) < 4.78 is 5.35. The molecule has 1 fully saturated rings. The van der Waals surface area contributed by atoms with Crippen molar-refractivity contribution in [2.75, 3.05) is 11.9 Å². The van der Waals surface area contributed by atoms with Crippen LogP contribution in [0, 0.1) is 24.7 Å². The summed E-state index contributed by atoms with van der Waals surface area (Å²) in [5.41, 5.74) is 1.28. The van der Waals surface area contributed by atoms with Crippen molar-refractivity contribution in [3.63, 3.8) is 0 Å². The molecule has 0 aliphatic heterocycles. The van der Waals surface area contributed by atoms with Crippen molar-refractivity contribution in [2.45, 2.75) is 19.8 Å². The van der Waals surface area contributed by atoms with Gasteiger partial charge in [0.05, 0.1) is 0 Å². The molecule has 2 aliphatic carbocycles. The predicted octanol–water partition coefficient (Wildman–Crippen LogP) is 2.31. The molecule has 0 saturated heterocycles. The third-order valence-corrected chi connectivity index (χ3v) is 5.06. The van der Waals surface area contributed by atoms with Crippen LogP contribution >= 0.6 is 0 Å². The molecular weight excluding hydrogens is 332 g/mol. The van der Waals surface area contributed by atoms with Crippen molar-refractivity contribution in [3.8, 4) is 11.5 Å². The highest BCUT2D eigenvalue weighted by Crippen LogP contribution is 2.42. The number of nitrogens with one attached hydrogen (secondary N) is 2. The Balaban J connectivity index is 1.29. The van der Waals surface area contributed by atoms with E-state index < -0.39 is 11.8 Å². The monoisotopic (exact) mass is 352 g/mol. The van der Waals surface area contributed by atoms with E-state index in [0.717, 1.165) is 12.0 Å². The lowest BCUT2D eigenvalue weighted by Crippen LogP contribution is -2.38. The first kappa shape index (κ1) is 16.5. The molecule has 7 nitrogen and oxygen atoms in total. The minimum atomic E-state index is -0.662. The van der Waals surface area contributed by atoms with Crippen molar-refractivity contribution in [1.29, 1.82) is 0 Å². The average molecular weight is 352 g/mol. The van der Waals surface area contributed by atoms with Gasteiger partial charge in [-0.15, -0.1) is 10.2 Å². The van der Waals surface area contributed by atoms with Crippen molar-refractivity contribution < 1.29 is 14.0 Å². The van der Waals surface area contributed by atoms with Gasteiger partial charge >= 0.3 is 11.8 Å². The summed E-state index contributed by atoms with van der Waals surface area (Å²) in [7, 11) is 0. The molecule has 1 aromatic carbocycles. The van der Waals surface area contributed by atoms with E-state index in [-0.39, 0.29) is 0 Å². The summed E-state index contributed by atoms with van der Waals surface area (Å²) in [6.07, 6.45) is 6.77. The van der Waals surface area contributed by atoms with Crippen LogP contribution in [0.25, 0.3) is 11.5 Å². The molecule has 7 heteroatoms. The van der Waals surface area contributed by atoms with Crippen LogP contribution in [0.4, 0.5) is 5.69 Å². The van der Waals surface area contributed by atoms with E-state index in [0.29, 0.717) is 41.8 Å². The van der Waals surface area contributed by atoms with E-state index >= 15 is 0 Å². The number of aromatic nitrogens is 2. The maximum atomic E-state index is 12.1. The summed E-state index contributed by atoms with van der Waals surface area (Å²) in [5, 5.41) is 13.1. The fourth-order valence-electron chi connectivity index (χ4n) is 3.73. The van der Waals surface area contributed by atoms with Gasteiger partial charge in [0.2, 0.25) is 11.8 Å². The van der Waals surface area contributed by atoms with Crippen LogP contribution in [-0.2, 0) is 9.59 Å². The number of anilines is 1. The Morgan fingerprint density at radius 2 is 1.92 bits per heavy atom. The van der Waals surface area contributed by atoms with Gasteiger partial charge in [-0.1, -0.05) is 12.2 Å². The van der Waals surface area contributed by atoms with Gasteiger partial charge < -0.3 is 15.1 Å². The minimum Gasteiger partial charge on any atom is -0.421 e. The first-order valence-electron chi connectivity index (χ1n) is 8.76.